The summed E-state index contributed by atoms with van der Waals surface area (Å²) in [6, 6.07) is 9.17. The van der Waals surface area contributed by atoms with Crippen molar-refractivity contribution in [1.82, 2.24) is 9.55 Å². The van der Waals surface area contributed by atoms with Gasteiger partial charge in [-0.2, -0.15) is 0 Å². The van der Waals surface area contributed by atoms with E-state index in [1.807, 2.05) is 4.57 Å². The van der Waals surface area contributed by atoms with Gasteiger partial charge in [-0.25, -0.2) is 9.78 Å². The summed E-state index contributed by atoms with van der Waals surface area (Å²) in [5, 5.41) is 9.04. The Labute approximate surface area is 113 Å². The first kappa shape index (κ1) is 11.9. The van der Waals surface area contributed by atoms with Gasteiger partial charge in [-0.15, -0.1) is 11.3 Å². The predicted octanol–water partition coefficient (Wildman–Crippen LogP) is 3.15. The van der Waals surface area contributed by atoms with Crippen molar-refractivity contribution in [3.05, 3.63) is 52.0 Å². The van der Waals surface area contributed by atoms with E-state index in [0.717, 1.165) is 17.6 Å². The van der Waals surface area contributed by atoms with E-state index in [-0.39, 0.29) is 5.56 Å². The lowest BCUT2D eigenvalue weighted by Crippen LogP contribution is -1.99. The van der Waals surface area contributed by atoms with Gasteiger partial charge in [-0.3, -0.25) is 0 Å². The third-order valence-electron chi connectivity index (χ3n) is 2.99. The van der Waals surface area contributed by atoms with Crippen LogP contribution >= 0.6 is 11.3 Å². The van der Waals surface area contributed by atoms with Gasteiger partial charge in [0.05, 0.1) is 29.5 Å². The van der Waals surface area contributed by atoms with E-state index in [2.05, 4.69) is 24.0 Å². The fourth-order valence-corrected chi connectivity index (χ4v) is 2.94. The number of aromatic nitrogens is 2. The molecule has 0 spiro atoms. The monoisotopic (exact) mass is 272 g/mol. The van der Waals surface area contributed by atoms with Crippen LogP contribution in [0.25, 0.3) is 11.0 Å². The summed E-state index contributed by atoms with van der Waals surface area (Å²) in [7, 11) is 0. The Hall–Kier alpha value is -2.14. The van der Waals surface area contributed by atoms with Crippen molar-refractivity contribution < 1.29 is 9.90 Å². The molecule has 0 saturated heterocycles. The molecule has 5 heteroatoms. The lowest BCUT2D eigenvalue weighted by atomic mass is 10.2. The molecule has 1 aromatic carbocycles. The Morgan fingerprint density at radius 1 is 1.37 bits per heavy atom. The Bertz CT molecular complexity index is 758. The van der Waals surface area contributed by atoms with Gasteiger partial charge in [0.1, 0.15) is 0 Å². The van der Waals surface area contributed by atoms with Crippen LogP contribution in [0, 0.1) is 6.92 Å². The molecule has 0 atom stereocenters. The molecule has 0 aliphatic heterocycles. The van der Waals surface area contributed by atoms with Crippen LogP contribution in [0.4, 0.5) is 0 Å². The highest BCUT2D eigenvalue weighted by Gasteiger charge is 2.08. The van der Waals surface area contributed by atoms with E-state index >= 15 is 0 Å². The number of carboxylic acid groups (broad SMARTS) is 1. The summed E-state index contributed by atoms with van der Waals surface area (Å²) >= 11 is 1.74. The summed E-state index contributed by atoms with van der Waals surface area (Å²) in [6.07, 6.45) is 1.76. The first-order chi connectivity index (χ1) is 9.13. The van der Waals surface area contributed by atoms with Crippen molar-refractivity contribution in [2.75, 3.05) is 0 Å². The van der Waals surface area contributed by atoms with Crippen molar-refractivity contribution >= 4 is 28.3 Å². The van der Waals surface area contributed by atoms with Gasteiger partial charge >= 0.3 is 5.97 Å². The molecule has 0 bridgehead atoms. The maximum atomic E-state index is 11.0. The van der Waals surface area contributed by atoms with E-state index in [0.29, 0.717) is 0 Å². The van der Waals surface area contributed by atoms with Crippen molar-refractivity contribution in [2.24, 2.45) is 0 Å². The standard InChI is InChI=1S/C14H12N2O2S/c1-9-2-4-11(19-9)7-16-8-15-12-5-3-10(14(17)18)6-13(12)16/h2-6,8H,7H2,1H3,(H,17,18). The molecule has 0 amide bonds. The maximum absolute atomic E-state index is 11.0. The second-order valence-electron chi connectivity index (χ2n) is 4.39. The zero-order valence-corrected chi connectivity index (χ0v) is 11.1. The molecule has 3 rings (SSSR count). The molecular formula is C14H12N2O2S. The van der Waals surface area contributed by atoms with Crippen LogP contribution in [0.3, 0.4) is 0 Å². The average molecular weight is 272 g/mol. The highest BCUT2D eigenvalue weighted by atomic mass is 32.1. The minimum Gasteiger partial charge on any atom is -0.478 e. The fraction of sp³-hybridized carbons (Fsp3) is 0.143. The number of imidazole rings is 1. The summed E-state index contributed by atoms with van der Waals surface area (Å²) in [5.74, 6) is -0.915. The summed E-state index contributed by atoms with van der Waals surface area (Å²) in [4.78, 5) is 17.8. The number of fused-ring (bicyclic) bond motifs is 1. The third-order valence-corrected chi connectivity index (χ3v) is 3.98. The number of carbonyl (C=O) groups is 1. The van der Waals surface area contributed by atoms with E-state index in [1.54, 1.807) is 35.9 Å². The third kappa shape index (κ3) is 2.24. The van der Waals surface area contributed by atoms with Crippen LogP contribution in [-0.2, 0) is 6.54 Å². The highest BCUT2D eigenvalue weighted by molar-refractivity contribution is 7.11. The Morgan fingerprint density at radius 2 is 2.21 bits per heavy atom. The van der Waals surface area contributed by atoms with Gasteiger partial charge in [0, 0.05) is 9.75 Å². The smallest absolute Gasteiger partial charge is 0.335 e. The Kier molecular flexibility index (Phi) is 2.83. The second kappa shape index (κ2) is 4.51. The minimum atomic E-state index is -0.915. The van der Waals surface area contributed by atoms with Crippen LogP contribution in [-0.4, -0.2) is 20.6 Å². The highest BCUT2D eigenvalue weighted by Crippen LogP contribution is 2.20. The van der Waals surface area contributed by atoms with Crippen molar-refractivity contribution in [3.63, 3.8) is 0 Å². The van der Waals surface area contributed by atoms with Gasteiger partial charge in [-0.05, 0) is 37.3 Å². The quantitative estimate of drug-likeness (QED) is 0.796. The summed E-state index contributed by atoms with van der Waals surface area (Å²) in [6.45, 7) is 2.79. The van der Waals surface area contributed by atoms with Crippen molar-refractivity contribution in [1.29, 1.82) is 0 Å². The van der Waals surface area contributed by atoms with Gasteiger partial charge < -0.3 is 9.67 Å². The molecule has 0 fully saturated rings. The lowest BCUT2D eigenvalue weighted by molar-refractivity contribution is 0.0697. The van der Waals surface area contributed by atoms with E-state index < -0.39 is 5.97 Å². The molecule has 1 N–H and O–H groups in total. The Morgan fingerprint density at radius 3 is 2.89 bits per heavy atom. The molecule has 2 heterocycles. The van der Waals surface area contributed by atoms with Crippen LogP contribution in [0.1, 0.15) is 20.1 Å². The maximum Gasteiger partial charge on any atom is 0.335 e. The molecule has 96 valence electrons. The van der Waals surface area contributed by atoms with Crippen LogP contribution < -0.4 is 0 Å². The fourth-order valence-electron chi connectivity index (χ4n) is 2.05. The number of rotatable bonds is 3. The molecule has 0 unspecified atom stereocenters. The second-order valence-corrected chi connectivity index (χ2v) is 5.77. The predicted molar refractivity (Wildman–Crippen MR) is 74.9 cm³/mol. The molecule has 0 aliphatic carbocycles. The summed E-state index contributed by atoms with van der Waals surface area (Å²) < 4.78 is 1.98. The van der Waals surface area contributed by atoms with E-state index in [1.165, 1.54) is 9.75 Å². The van der Waals surface area contributed by atoms with Crippen molar-refractivity contribution in [3.8, 4) is 0 Å². The molecule has 0 saturated carbocycles. The normalized spacial score (nSPS) is 11.0. The number of aromatic carboxylic acids is 1. The zero-order chi connectivity index (χ0) is 13.4. The van der Waals surface area contributed by atoms with Gasteiger partial charge in [-0.1, -0.05) is 0 Å². The van der Waals surface area contributed by atoms with Gasteiger partial charge in [0.15, 0.2) is 0 Å². The lowest BCUT2D eigenvalue weighted by Gasteiger charge is -2.02. The van der Waals surface area contributed by atoms with Crippen molar-refractivity contribution in [2.45, 2.75) is 13.5 Å². The number of carboxylic acids is 1. The molecule has 19 heavy (non-hydrogen) atoms. The Balaban J connectivity index is 2.03. The molecule has 3 aromatic rings. The molecule has 4 nitrogen and oxygen atoms in total. The molecular weight excluding hydrogens is 260 g/mol. The zero-order valence-electron chi connectivity index (χ0n) is 10.3. The van der Waals surface area contributed by atoms with Crippen LogP contribution in [0.2, 0.25) is 0 Å². The number of nitrogens with zero attached hydrogens (tertiary/aromatic N) is 2. The first-order valence-corrected chi connectivity index (χ1v) is 6.68. The molecule has 2 aromatic heterocycles. The first-order valence-electron chi connectivity index (χ1n) is 5.87. The van der Waals surface area contributed by atoms with Gasteiger partial charge in [0.2, 0.25) is 0 Å². The van der Waals surface area contributed by atoms with E-state index in [9.17, 15) is 4.79 Å². The number of hydrogen-bond acceptors (Lipinski definition) is 3. The largest absolute Gasteiger partial charge is 0.478 e. The average Bonchev–Trinajstić information content (AvgIpc) is 2.96. The van der Waals surface area contributed by atoms with Crippen LogP contribution in [0.15, 0.2) is 36.7 Å². The number of aryl methyl sites for hydroxylation is 1. The number of thiophene rings is 1. The number of benzene rings is 1. The van der Waals surface area contributed by atoms with Gasteiger partial charge in [0.25, 0.3) is 0 Å². The molecule has 0 radical (unpaired) electrons. The minimum absolute atomic E-state index is 0.289. The van der Waals surface area contributed by atoms with Crippen LogP contribution in [0.5, 0.6) is 0 Å². The molecule has 0 aliphatic rings. The number of hydrogen-bond donors (Lipinski definition) is 1. The SMILES string of the molecule is Cc1ccc(Cn2cnc3ccc(C(=O)O)cc32)s1. The summed E-state index contributed by atoms with van der Waals surface area (Å²) in [5.41, 5.74) is 1.96. The van der Waals surface area contributed by atoms with E-state index in [4.69, 9.17) is 5.11 Å². The topological polar surface area (TPSA) is 55.1 Å².